The van der Waals surface area contributed by atoms with E-state index in [9.17, 15) is 14.9 Å². The van der Waals surface area contributed by atoms with E-state index in [1.165, 1.54) is 6.07 Å². The van der Waals surface area contributed by atoms with E-state index in [0.29, 0.717) is 44.2 Å². The standard InChI is InChI=1S/C22H25N5O4S/c1-32-13-8-18(21-23-16-4-2-3-5-17(16)24-21)25-22(28)15-6-7-19(20(14-15)27(29)30)26-9-11-31-12-10-26/h2-7,14,18H,8-13H2,1H3,(H,23,24)(H,25,28). The lowest BCUT2D eigenvalue weighted by Gasteiger charge is -2.28. The number of thioether (sulfide) groups is 1. The third kappa shape index (κ3) is 4.86. The number of hydrogen-bond donors (Lipinski definition) is 2. The molecule has 2 aromatic carbocycles. The zero-order valence-corrected chi connectivity index (χ0v) is 18.6. The summed E-state index contributed by atoms with van der Waals surface area (Å²) in [4.78, 5) is 34.2. The van der Waals surface area contributed by atoms with Gasteiger partial charge in [0, 0.05) is 24.7 Å². The van der Waals surface area contributed by atoms with Crippen LogP contribution in [0.1, 0.15) is 28.6 Å². The highest BCUT2D eigenvalue weighted by Crippen LogP contribution is 2.30. The number of anilines is 1. The first-order chi connectivity index (χ1) is 15.6. The van der Waals surface area contributed by atoms with Gasteiger partial charge in [-0.3, -0.25) is 14.9 Å². The van der Waals surface area contributed by atoms with E-state index in [2.05, 4.69) is 15.3 Å². The van der Waals surface area contributed by atoms with Gasteiger partial charge in [0.15, 0.2) is 0 Å². The van der Waals surface area contributed by atoms with Crippen molar-refractivity contribution >= 4 is 40.1 Å². The maximum atomic E-state index is 13.1. The molecule has 0 aliphatic carbocycles. The number of nitro groups is 1. The predicted octanol–water partition coefficient (Wildman–Crippen LogP) is 3.53. The molecule has 4 rings (SSSR count). The number of benzene rings is 2. The van der Waals surface area contributed by atoms with E-state index in [-0.39, 0.29) is 23.2 Å². The summed E-state index contributed by atoms with van der Waals surface area (Å²) in [5.74, 6) is 1.14. The van der Waals surface area contributed by atoms with Crippen LogP contribution in [0, 0.1) is 10.1 Å². The molecule has 0 spiro atoms. The summed E-state index contributed by atoms with van der Waals surface area (Å²) in [6.07, 6.45) is 2.69. The Labute approximate surface area is 189 Å². The molecule has 2 N–H and O–H groups in total. The number of H-pyrrole nitrogens is 1. The Hall–Kier alpha value is -3.11. The van der Waals surface area contributed by atoms with Crippen LogP contribution in [-0.4, -0.2) is 59.1 Å². The molecule has 1 atom stereocenters. The lowest BCUT2D eigenvalue weighted by Crippen LogP contribution is -2.36. The Morgan fingerprint density at radius 2 is 2.09 bits per heavy atom. The number of aromatic nitrogens is 2. The Morgan fingerprint density at radius 1 is 1.31 bits per heavy atom. The lowest BCUT2D eigenvalue weighted by molar-refractivity contribution is -0.384. The average Bonchev–Trinajstić information content (AvgIpc) is 3.26. The molecule has 3 aromatic rings. The molecule has 32 heavy (non-hydrogen) atoms. The maximum Gasteiger partial charge on any atom is 0.293 e. The van der Waals surface area contributed by atoms with Crippen molar-refractivity contribution < 1.29 is 14.5 Å². The minimum absolute atomic E-state index is 0.0797. The fourth-order valence-corrected chi connectivity index (χ4v) is 4.25. The average molecular weight is 456 g/mol. The summed E-state index contributed by atoms with van der Waals surface area (Å²) in [7, 11) is 0. The number of nitrogens with one attached hydrogen (secondary N) is 2. The van der Waals surface area contributed by atoms with Crippen LogP contribution in [-0.2, 0) is 4.74 Å². The third-order valence-electron chi connectivity index (χ3n) is 5.44. The summed E-state index contributed by atoms with van der Waals surface area (Å²) >= 11 is 1.68. The van der Waals surface area contributed by atoms with Gasteiger partial charge < -0.3 is 19.9 Å². The zero-order valence-electron chi connectivity index (χ0n) is 17.7. The minimum atomic E-state index is -0.438. The van der Waals surface area contributed by atoms with Crippen LogP contribution >= 0.6 is 11.8 Å². The highest BCUT2D eigenvalue weighted by Gasteiger charge is 2.25. The lowest BCUT2D eigenvalue weighted by atomic mass is 10.1. The van der Waals surface area contributed by atoms with Crippen LogP contribution in [0.5, 0.6) is 0 Å². The Morgan fingerprint density at radius 3 is 2.81 bits per heavy atom. The van der Waals surface area contributed by atoms with Crippen LogP contribution in [0.4, 0.5) is 11.4 Å². The van der Waals surface area contributed by atoms with Crippen molar-refractivity contribution in [2.45, 2.75) is 12.5 Å². The predicted molar refractivity (Wildman–Crippen MR) is 125 cm³/mol. The number of rotatable bonds is 8. The highest BCUT2D eigenvalue weighted by molar-refractivity contribution is 7.98. The molecule has 10 heteroatoms. The molecule has 1 fully saturated rings. The van der Waals surface area contributed by atoms with Gasteiger partial charge in [0.1, 0.15) is 11.5 Å². The number of morpholine rings is 1. The van der Waals surface area contributed by atoms with Crippen molar-refractivity contribution in [3.05, 3.63) is 64.0 Å². The smallest absolute Gasteiger partial charge is 0.293 e. The first-order valence-corrected chi connectivity index (χ1v) is 11.8. The van der Waals surface area contributed by atoms with E-state index in [1.807, 2.05) is 35.4 Å². The molecule has 0 bridgehead atoms. The number of hydrogen-bond acceptors (Lipinski definition) is 7. The largest absolute Gasteiger partial charge is 0.378 e. The first kappa shape index (κ1) is 22.1. The van der Waals surface area contributed by atoms with Gasteiger partial charge in [-0.1, -0.05) is 12.1 Å². The fraction of sp³-hybridized carbons (Fsp3) is 0.364. The summed E-state index contributed by atoms with van der Waals surface area (Å²) in [6, 6.07) is 12.0. The van der Waals surface area contributed by atoms with Gasteiger partial charge in [-0.05, 0) is 42.7 Å². The minimum Gasteiger partial charge on any atom is -0.378 e. The molecule has 1 amide bonds. The number of para-hydroxylation sites is 2. The molecule has 168 valence electrons. The number of carbonyl (C=O) groups is 1. The number of nitro benzene ring substituents is 1. The van der Waals surface area contributed by atoms with Crippen molar-refractivity contribution in [3.8, 4) is 0 Å². The Balaban J connectivity index is 1.58. The van der Waals surface area contributed by atoms with E-state index >= 15 is 0 Å². The van der Waals surface area contributed by atoms with Gasteiger partial charge in [-0.25, -0.2) is 4.98 Å². The van der Waals surface area contributed by atoms with Crippen LogP contribution in [0.3, 0.4) is 0 Å². The monoisotopic (exact) mass is 455 g/mol. The topological polar surface area (TPSA) is 113 Å². The molecule has 1 aromatic heterocycles. The van der Waals surface area contributed by atoms with Gasteiger partial charge in [0.25, 0.3) is 11.6 Å². The third-order valence-corrected chi connectivity index (χ3v) is 6.08. The number of ether oxygens (including phenoxy) is 1. The number of imidazole rings is 1. The van der Waals surface area contributed by atoms with Crippen LogP contribution in [0.15, 0.2) is 42.5 Å². The van der Waals surface area contributed by atoms with Gasteiger partial charge >= 0.3 is 0 Å². The van der Waals surface area contributed by atoms with Crippen molar-refractivity contribution in [1.29, 1.82) is 0 Å². The van der Waals surface area contributed by atoms with Gasteiger partial charge in [-0.2, -0.15) is 11.8 Å². The zero-order chi connectivity index (χ0) is 22.5. The number of nitrogens with zero attached hydrogens (tertiary/aromatic N) is 3. The summed E-state index contributed by atoms with van der Waals surface area (Å²) in [5.41, 5.74) is 2.40. The highest BCUT2D eigenvalue weighted by atomic mass is 32.2. The second-order valence-electron chi connectivity index (χ2n) is 7.51. The summed E-state index contributed by atoms with van der Waals surface area (Å²) < 4.78 is 5.34. The summed E-state index contributed by atoms with van der Waals surface area (Å²) in [5, 5.41) is 14.7. The number of carbonyl (C=O) groups excluding carboxylic acids is 1. The van der Waals surface area contributed by atoms with Crippen LogP contribution in [0.25, 0.3) is 11.0 Å². The van der Waals surface area contributed by atoms with Crippen LogP contribution < -0.4 is 10.2 Å². The van der Waals surface area contributed by atoms with Gasteiger partial charge in [-0.15, -0.1) is 0 Å². The molecule has 1 unspecified atom stereocenters. The molecule has 1 aliphatic rings. The maximum absolute atomic E-state index is 13.1. The van der Waals surface area contributed by atoms with Crippen molar-refractivity contribution in [1.82, 2.24) is 15.3 Å². The Kier molecular flexibility index (Phi) is 6.91. The number of fused-ring (bicyclic) bond motifs is 1. The second-order valence-corrected chi connectivity index (χ2v) is 8.49. The molecule has 2 heterocycles. The molecule has 0 saturated carbocycles. The molecule has 1 aliphatic heterocycles. The van der Waals surface area contributed by atoms with Crippen molar-refractivity contribution in [2.24, 2.45) is 0 Å². The van der Waals surface area contributed by atoms with Gasteiger partial charge in [0.05, 0.1) is 35.2 Å². The van der Waals surface area contributed by atoms with E-state index in [4.69, 9.17) is 4.74 Å². The number of aromatic amines is 1. The Bertz CT molecular complexity index is 1080. The fourth-order valence-electron chi connectivity index (χ4n) is 3.77. The molecule has 1 saturated heterocycles. The van der Waals surface area contributed by atoms with Crippen molar-refractivity contribution in [2.75, 3.05) is 43.2 Å². The molecular weight excluding hydrogens is 430 g/mol. The number of amides is 1. The quantitative estimate of drug-likeness (QED) is 0.394. The summed E-state index contributed by atoms with van der Waals surface area (Å²) in [6.45, 7) is 2.20. The van der Waals surface area contributed by atoms with Gasteiger partial charge in [0.2, 0.25) is 0 Å². The van der Waals surface area contributed by atoms with Crippen LogP contribution in [0.2, 0.25) is 0 Å². The molecular formula is C22H25N5O4S. The van der Waals surface area contributed by atoms with Crippen molar-refractivity contribution in [3.63, 3.8) is 0 Å². The molecule has 0 radical (unpaired) electrons. The first-order valence-electron chi connectivity index (χ1n) is 10.4. The van der Waals surface area contributed by atoms with E-state index in [0.717, 1.165) is 16.8 Å². The van der Waals surface area contributed by atoms with E-state index in [1.54, 1.807) is 23.9 Å². The van der Waals surface area contributed by atoms with E-state index < -0.39 is 4.92 Å². The second kappa shape index (κ2) is 10.0. The SMILES string of the molecule is CSCCC(NC(=O)c1ccc(N2CCOCC2)c([N+](=O)[O-])c1)c1nc2ccccc2[nH]1. The normalized spacial score (nSPS) is 15.0. The molecule has 9 nitrogen and oxygen atoms in total.